The minimum Gasteiger partial charge on any atom is -0.497 e. The van der Waals surface area contributed by atoms with Gasteiger partial charge in [0.2, 0.25) is 5.91 Å². The minimum absolute atomic E-state index is 0.200. The molecule has 0 saturated heterocycles. The van der Waals surface area contributed by atoms with Crippen LogP contribution >= 0.6 is 11.3 Å². The number of carbonyl (C=O) groups excluding carboxylic acids is 1. The van der Waals surface area contributed by atoms with Gasteiger partial charge in [0.05, 0.1) is 12.8 Å². The number of carbonyl (C=O) groups is 1. The first-order chi connectivity index (χ1) is 11.7. The lowest BCUT2D eigenvalue weighted by molar-refractivity contribution is -0.111. The molecule has 120 valence electrons. The molecule has 4 nitrogen and oxygen atoms in total. The summed E-state index contributed by atoms with van der Waals surface area (Å²) in [4.78, 5) is 16.4. The largest absolute Gasteiger partial charge is 0.497 e. The van der Waals surface area contributed by atoms with E-state index >= 15 is 0 Å². The highest BCUT2D eigenvalue weighted by Gasteiger charge is 2.06. The highest BCUT2D eigenvalue weighted by Crippen LogP contribution is 2.26. The third kappa shape index (κ3) is 4.08. The highest BCUT2D eigenvalue weighted by atomic mass is 32.1. The second-order valence-electron chi connectivity index (χ2n) is 5.00. The Labute approximate surface area is 144 Å². The molecule has 1 heterocycles. The van der Waals surface area contributed by atoms with Crippen LogP contribution < -0.4 is 10.1 Å². The van der Waals surface area contributed by atoms with Crippen LogP contribution in [0.4, 0.5) is 5.13 Å². The van der Waals surface area contributed by atoms with Crippen LogP contribution in [0.2, 0.25) is 0 Å². The maximum atomic E-state index is 12.0. The number of methoxy groups -OCH3 is 1. The summed E-state index contributed by atoms with van der Waals surface area (Å²) in [6.07, 6.45) is 3.27. The molecule has 1 aromatic heterocycles. The molecule has 1 amide bonds. The number of aromatic nitrogens is 1. The molecular weight excluding hydrogens is 320 g/mol. The number of hydrogen-bond acceptors (Lipinski definition) is 4. The number of ether oxygens (including phenoxy) is 1. The Hall–Kier alpha value is -2.92. The van der Waals surface area contributed by atoms with Crippen LogP contribution in [0, 0.1) is 0 Å². The first-order valence-electron chi connectivity index (χ1n) is 7.38. The number of benzene rings is 2. The minimum atomic E-state index is -0.200. The van der Waals surface area contributed by atoms with E-state index < -0.39 is 0 Å². The summed E-state index contributed by atoms with van der Waals surface area (Å²) in [5.41, 5.74) is 2.78. The lowest BCUT2D eigenvalue weighted by Gasteiger charge is -2.00. The van der Waals surface area contributed by atoms with Crippen molar-refractivity contribution in [3.63, 3.8) is 0 Å². The number of nitrogens with zero attached hydrogens (tertiary/aromatic N) is 1. The molecular formula is C19H16N2O2S. The smallest absolute Gasteiger partial charge is 0.250 e. The van der Waals surface area contributed by atoms with Crippen molar-refractivity contribution in [2.75, 3.05) is 12.4 Å². The maximum Gasteiger partial charge on any atom is 0.250 e. The quantitative estimate of drug-likeness (QED) is 0.699. The van der Waals surface area contributed by atoms with Crippen LogP contribution in [-0.4, -0.2) is 18.0 Å². The van der Waals surface area contributed by atoms with E-state index in [2.05, 4.69) is 10.3 Å². The van der Waals surface area contributed by atoms with Crippen molar-refractivity contribution in [1.82, 2.24) is 4.98 Å². The lowest BCUT2D eigenvalue weighted by atomic mass is 10.2. The van der Waals surface area contributed by atoms with E-state index in [0.29, 0.717) is 5.13 Å². The molecule has 0 saturated carbocycles. The summed E-state index contributed by atoms with van der Waals surface area (Å²) in [6.45, 7) is 0. The molecule has 5 heteroatoms. The summed E-state index contributed by atoms with van der Waals surface area (Å²) in [5, 5.41) is 5.27. The second kappa shape index (κ2) is 7.57. The summed E-state index contributed by atoms with van der Waals surface area (Å²) in [5.74, 6) is 0.600. The second-order valence-corrected chi connectivity index (χ2v) is 5.86. The number of amides is 1. The number of rotatable bonds is 5. The Morgan fingerprint density at radius 1 is 1.12 bits per heavy atom. The van der Waals surface area contributed by atoms with E-state index in [1.807, 2.05) is 60.0 Å². The normalized spacial score (nSPS) is 10.7. The van der Waals surface area contributed by atoms with Crippen LogP contribution in [0.5, 0.6) is 5.75 Å². The monoisotopic (exact) mass is 336 g/mol. The van der Waals surface area contributed by atoms with Crippen molar-refractivity contribution >= 4 is 28.5 Å². The van der Waals surface area contributed by atoms with E-state index in [1.165, 1.54) is 17.4 Å². The molecule has 0 radical (unpaired) electrons. The molecule has 2 aromatic carbocycles. The van der Waals surface area contributed by atoms with Gasteiger partial charge in [0.25, 0.3) is 0 Å². The van der Waals surface area contributed by atoms with Gasteiger partial charge in [-0.25, -0.2) is 4.98 Å². The predicted molar refractivity (Wildman–Crippen MR) is 98.2 cm³/mol. The van der Waals surface area contributed by atoms with Gasteiger partial charge in [-0.05, 0) is 35.9 Å². The number of anilines is 1. The molecule has 0 aliphatic rings. The summed E-state index contributed by atoms with van der Waals surface area (Å²) in [6, 6.07) is 17.3. The highest BCUT2D eigenvalue weighted by molar-refractivity contribution is 7.14. The van der Waals surface area contributed by atoms with Gasteiger partial charge < -0.3 is 4.74 Å². The van der Waals surface area contributed by atoms with E-state index in [9.17, 15) is 4.79 Å². The van der Waals surface area contributed by atoms with Crippen molar-refractivity contribution in [2.24, 2.45) is 0 Å². The Morgan fingerprint density at radius 2 is 1.88 bits per heavy atom. The van der Waals surface area contributed by atoms with Gasteiger partial charge in [0.15, 0.2) is 5.13 Å². The maximum absolute atomic E-state index is 12.0. The van der Waals surface area contributed by atoms with Gasteiger partial charge >= 0.3 is 0 Å². The lowest BCUT2D eigenvalue weighted by Crippen LogP contribution is -2.07. The molecule has 0 spiro atoms. The number of thiazole rings is 1. The molecule has 24 heavy (non-hydrogen) atoms. The van der Waals surface area contributed by atoms with Crippen LogP contribution in [0.1, 0.15) is 5.56 Å². The van der Waals surface area contributed by atoms with E-state index in [0.717, 1.165) is 22.6 Å². The molecule has 1 N–H and O–H groups in total. The fourth-order valence-corrected chi connectivity index (χ4v) is 2.83. The van der Waals surface area contributed by atoms with Gasteiger partial charge in [-0.1, -0.05) is 30.3 Å². The van der Waals surface area contributed by atoms with Crippen LogP contribution in [-0.2, 0) is 4.79 Å². The molecule has 3 rings (SSSR count). The molecule has 0 fully saturated rings. The molecule has 0 aliphatic heterocycles. The first kappa shape index (κ1) is 16.0. The van der Waals surface area contributed by atoms with E-state index in [4.69, 9.17) is 4.74 Å². The Balaban J connectivity index is 1.65. The van der Waals surface area contributed by atoms with E-state index in [-0.39, 0.29) is 5.91 Å². The van der Waals surface area contributed by atoms with Crippen LogP contribution in [0.3, 0.4) is 0 Å². The fourth-order valence-electron chi connectivity index (χ4n) is 2.11. The van der Waals surface area contributed by atoms with Gasteiger partial charge in [-0.15, -0.1) is 11.3 Å². The third-order valence-corrected chi connectivity index (χ3v) is 4.10. The standard InChI is InChI=1S/C19H16N2O2S/c1-23-16-10-8-15(9-11-16)17-13-24-19(20-17)21-18(22)12-7-14-5-3-2-4-6-14/h2-13H,1H3,(H,20,21,22). The molecule has 0 atom stereocenters. The van der Waals surface area contributed by atoms with Crippen molar-refractivity contribution in [1.29, 1.82) is 0 Å². The van der Waals surface area contributed by atoms with Crippen molar-refractivity contribution in [2.45, 2.75) is 0 Å². The fraction of sp³-hybridized carbons (Fsp3) is 0.0526. The molecule has 0 aliphatic carbocycles. The Bertz CT molecular complexity index is 839. The summed E-state index contributed by atoms with van der Waals surface area (Å²) >= 11 is 1.40. The van der Waals surface area contributed by atoms with Gasteiger partial charge in [-0.3, -0.25) is 10.1 Å². The van der Waals surface area contributed by atoms with Crippen molar-refractivity contribution in [3.05, 3.63) is 71.6 Å². The Kier molecular flexibility index (Phi) is 5.03. The van der Waals surface area contributed by atoms with Crippen molar-refractivity contribution in [3.8, 4) is 17.0 Å². The van der Waals surface area contributed by atoms with Gasteiger partial charge in [-0.2, -0.15) is 0 Å². The van der Waals surface area contributed by atoms with Crippen LogP contribution in [0.25, 0.3) is 17.3 Å². The average Bonchev–Trinajstić information content (AvgIpc) is 3.09. The average molecular weight is 336 g/mol. The third-order valence-electron chi connectivity index (χ3n) is 3.35. The molecule has 3 aromatic rings. The van der Waals surface area contributed by atoms with Crippen molar-refractivity contribution < 1.29 is 9.53 Å². The van der Waals surface area contributed by atoms with Crippen LogP contribution in [0.15, 0.2) is 66.1 Å². The first-order valence-corrected chi connectivity index (χ1v) is 8.26. The van der Waals surface area contributed by atoms with E-state index in [1.54, 1.807) is 13.2 Å². The molecule has 0 unspecified atom stereocenters. The zero-order valence-electron chi connectivity index (χ0n) is 13.1. The number of nitrogens with one attached hydrogen (secondary N) is 1. The number of hydrogen-bond donors (Lipinski definition) is 1. The summed E-state index contributed by atoms with van der Waals surface area (Å²) < 4.78 is 5.14. The zero-order chi connectivity index (χ0) is 16.8. The topological polar surface area (TPSA) is 51.2 Å². The summed E-state index contributed by atoms with van der Waals surface area (Å²) in [7, 11) is 1.63. The predicted octanol–water partition coefficient (Wildman–Crippen LogP) is 4.47. The van der Waals surface area contributed by atoms with Gasteiger partial charge in [0.1, 0.15) is 5.75 Å². The molecule has 0 bridgehead atoms. The Morgan fingerprint density at radius 3 is 2.58 bits per heavy atom. The zero-order valence-corrected chi connectivity index (χ0v) is 13.9. The van der Waals surface area contributed by atoms with Gasteiger partial charge in [0, 0.05) is 17.0 Å². The SMILES string of the molecule is COc1ccc(-c2csc(NC(=O)C=Cc3ccccc3)n2)cc1.